The van der Waals surface area contributed by atoms with E-state index < -0.39 is 15.6 Å². The van der Waals surface area contributed by atoms with E-state index in [0.29, 0.717) is 34.9 Å². The van der Waals surface area contributed by atoms with Gasteiger partial charge in [0.05, 0.1) is 11.5 Å². The van der Waals surface area contributed by atoms with Crippen LogP contribution in [0.5, 0.6) is 5.75 Å². The molecule has 0 amide bonds. The quantitative estimate of drug-likeness (QED) is 0.419. The van der Waals surface area contributed by atoms with Gasteiger partial charge in [0, 0.05) is 41.6 Å². The van der Waals surface area contributed by atoms with Crippen LogP contribution in [0.25, 0.3) is 22.0 Å². The fourth-order valence-corrected chi connectivity index (χ4v) is 5.43. The summed E-state index contributed by atoms with van der Waals surface area (Å²) in [5, 5.41) is 0.526. The molecule has 8 heteroatoms. The monoisotopic (exact) mass is 477 g/mol. The van der Waals surface area contributed by atoms with Crippen molar-refractivity contribution < 1.29 is 13.2 Å². The minimum Gasteiger partial charge on any atom is -0.493 e. The highest BCUT2D eigenvalue weighted by atomic mass is 32.2. The van der Waals surface area contributed by atoms with Crippen molar-refractivity contribution in [3.05, 3.63) is 76.3 Å². The summed E-state index contributed by atoms with van der Waals surface area (Å²) >= 11 is 0. The third kappa shape index (κ3) is 3.77. The number of hydrogen-bond donors (Lipinski definition) is 1. The van der Waals surface area contributed by atoms with Crippen molar-refractivity contribution >= 4 is 26.6 Å². The van der Waals surface area contributed by atoms with E-state index in [4.69, 9.17) is 10.5 Å². The molecule has 2 heterocycles. The van der Waals surface area contributed by atoms with Gasteiger partial charge in [-0.3, -0.25) is 4.79 Å². The summed E-state index contributed by atoms with van der Waals surface area (Å²) in [7, 11) is -2.35. The lowest BCUT2D eigenvalue weighted by Crippen LogP contribution is -2.22. The predicted molar refractivity (Wildman–Crippen MR) is 134 cm³/mol. The highest BCUT2D eigenvalue weighted by molar-refractivity contribution is 7.90. The molecule has 0 spiro atoms. The topological polar surface area (TPSA) is 96.3 Å². The number of hydrogen-bond acceptors (Lipinski definition) is 5. The third-order valence-corrected chi connectivity index (χ3v) is 8.09. The SMILES string of the molecule is Cc1ccc(S(=O)(=O)n2ccc3c(-c4cc(N)c(C)cc4OCC4CC4)cn(C)c(=O)c32)cc1. The molecule has 0 saturated heterocycles. The van der Waals surface area contributed by atoms with E-state index in [0.717, 1.165) is 33.5 Å². The molecule has 7 nitrogen and oxygen atoms in total. The van der Waals surface area contributed by atoms with Crippen molar-refractivity contribution in [1.29, 1.82) is 0 Å². The average Bonchev–Trinajstić information content (AvgIpc) is 3.52. The molecule has 0 radical (unpaired) electrons. The number of nitrogen functional groups attached to an aromatic ring is 1. The Hall–Kier alpha value is -3.52. The van der Waals surface area contributed by atoms with E-state index in [2.05, 4.69) is 0 Å². The highest BCUT2D eigenvalue weighted by Gasteiger charge is 2.25. The van der Waals surface area contributed by atoms with Gasteiger partial charge in [0.2, 0.25) is 0 Å². The van der Waals surface area contributed by atoms with Gasteiger partial charge in [-0.15, -0.1) is 0 Å². The lowest BCUT2D eigenvalue weighted by molar-refractivity contribution is 0.301. The molecule has 2 aromatic carbocycles. The fourth-order valence-electron chi connectivity index (χ4n) is 4.09. The zero-order valence-electron chi connectivity index (χ0n) is 19.4. The molecule has 0 atom stereocenters. The summed E-state index contributed by atoms with van der Waals surface area (Å²) in [4.78, 5) is 13.3. The highest BCUT2D eigenvalue weighted by Crippen LogP contribution is 2.39. The van der Waals surface area contributed by atoms with Gasteiger partial charge in [0.1, 0.15) is 11.3 Å². The molecule has 0 aliphatic heterocycles. The van der Waals surface area contributed by atoms with Crippen molar-refractivity contribution in [1.82, 2.24) is 8.54 Å². The summed E-state index contributed by atoms with van der Waals surface area (Å²) in [6.07, 6.45) is 5.47. The van der Waals surface area contributed by atoms with Crippen molar-refractivity contribution in [3.63, 3.8) is 0 Å². The second kappa shape index (κ2) is 8.06. The maximum atomic E-state index is 13.5. The van der Waals surface area contributed by atoms with E-state index in [1.54, 1.807) is 43.6 Å². The largest absolute Gasteiger partial charge is 0.493 e. The Morgan fingerprint density at radius 2 is 1.76 bits per heavy atom. The van der Waals surface area contributed by atoms with Crippen LogP contribution < -0.4 is 16.0 Å². The summed E-state index contributed by atoms with van der Waals surface area (Å²) in [6, 6.07) is 12.0. The molecule has 1 aliphatic rings. The third-order valence-electron chi connectivity index (χ3n) is 6.40. The van der Waals surface area contributed by atoms with Gasteiger partial charge >= 0.3 is 0 Å². The van der Waals surface area contributed by atoms with Gasteiger partial charge in [0.25, 0.3) is 15.6 Å². The Morgan fingerprint density at radius 3 is 2.44 bits per heavy atom. The van der Waals surface area contributed by atoms with Gasteiger partial charge in [-0.2, -0.15) is 0 Å². The molecular formula is C26H27N3O4S. The standard InChI is InChI=1S/C26H27N3O4S/c1-16-4-8-19(9-5-16)34(31,32)29-11-10-20-22(14-28(3)26(30)25(20)29)21-13-23(27)17(2)12-24(21)33-15-18-6-7-18/h4-5,8-14,18H,6-7,15,27H2,1-3H3. The molecular weight excluding hydrogens is 450 g/mol. The minimum atomic E-state index is -3.97. The molecule has 2 aromatic heterocycles. The van der Waals surface area contributed by atoms with Crippen molar-refractivity contribution in [3.8, 4) is 16.9 Å². The minimum absolute atomic E-state index is 0.0906. The number of pyridine rings is 1. The maximum Gasteiger partial charge on any atom is 0.275 e. The first-order chi connectivity index (χ1) is 16.2. The smallest absolute Gasteiger partial charge is 0.275 e. The van der Waals surface area contributed by atoms with E-state index in [1.165, 1.54) is 10.8 Å². The normalized spacial score (nSPS) is 14.0. The number of nitrogens with two attached hydrogens (primary N) is 1. The fraction of sp³-hybridized carbons (Fsp3) is 0.269. The number of benzene rings is 2. The first kappa shape index (κ1) is 22.3. The summed E-state index contributed by atoms with van der Waals surface area (Å²) < 4.78 is 35.5. The van der Waals surface area contributed by atoms with Crippen LogP contribution in [-0.4, -0.2) is 23.6 Å². The molecule has 1 saturated carbocycles. The number of rotatable bonds is 6. The van der Waals surface area contributed by atoms with E-state index in [1.807, 2.05) is 26.0 Å². The van der Waals surface area contributed by atoms with Crippen molar-refractivity contribution in [2.45, 2.75) is 31.6 Å². The van der Waals surface area contributed by atoms with Gasteiger partial charge in [-0.1, -0.05) is 17.7 Å². The Morgan fingerprint density at radius 1 is 1.06 bits per heavy atom. The first-order valence-corrected chi connectivity index (χ1v) is 12.7. The van der Waals surface area contributed by atoms with Crippen molar-refractivity contribution in [2.24, 2.45) is 13.0 Å². The van der Waals surface area contributed by atoms with Crippen LogP contribution >= 0.6 is 0 Å². The molecule has 176 valence electrons. The van der Waals surface area contributed by atoms with Crippen LogP contribution in [0.15, 0.2) is 64.5 Å². The summed E-state index contributed by atoms with van der Waals surface area (Å²) in [5.41, 5.74) is 9.80. The van der Waals surface area contributed by atoms with Gasteiger partial charge in [0.15, 0.2) is 0 Å². The molecule has 0 bridgehead atoms. The zero-order chi connectivity index (χ0) is 24.2. The van der Waals surface area contributed by atoms with Gasteiger partial charge < -0.3 is 15.0 Å². The molecule has 4 aromatic rings. The van der Waals surface area contributed by atoms with Gasteiger partial charge in [-0.05, 0) is 68.5 Å². The molecule has 2 N–H and O–H groups in total. The Labute approximate surface area is 198 Å². The molecule has 0 unspecified atom stereocenters. The van der Waals surface area contributed by atoms with Crippen LogP contribution in [0.2, 0.25) is 0 Å². The van der Waals surface area contributed by atoms with Crippen LogP contribution in [0.4, 0.5) is 5.69 Å². The Bertz CT molecular complexity index is 1580. The van der Waals surface area contributed by atoms with Crippen LogP contribution in [0.1, 0.15) is 24.0 Å². The molecule has 5 rings (SSSR count). The lowest BCUT2D eigenvalue weighted by Gasteiger charge is -2.16. The zero-order valence-corrected chi connectivity index (χ0v) is 20.2. The second-order valence-electron chi connectivity index (χ2n) is 9.11. The van der Waals surface area contributed by atoms with Crippen molar-refractivity contribution in [2.75, 3.05) is 12.3 Å². The van der Waals surface area contributed by atoms with Crippen LogP contribution in [0, 0.1) is 19.8 Å². The first-order valence-electron chi connectivity index (χ1n) is 11.2. The number of ether oxygens (including phenoxy) is 1. The van der Waals surface area contributed by atoms with E-state index in [9.17, 15) is 13.2 Å². The van der Waals surface area contributed by atoms with Gasteiger partial charge in [-0.25, -0.2) is 12.4 Å². The Balaban J connectivity index is 1.73. The molecule has 1 fully saturated rings. The predicted octanol–water partition coefficient (Wildman–Crippen LogP) is 4.23. The van der Waals surface area contributed by atoms with Crippen LogP contribution in [-0.2, 0) is 17.1 Å². The Kier molecular flexibility index (Phi) is 5.28. The lowest BCUT2D eigenvalue weighted by atomic mass is 10.00. The summed E-state index contributed by atoms with van der Waals surface area (Å²) in [5.74, 6) is 1.24. The molecule has 1 aliphatic carbocycles. The van der Waals surface area contributed by atoms with E-state index >= 15 is 0 Å². The number of fused-ring (bicyclic) bond motifs is 1. The number of aryl methyl sites for hydroxylation is 3. The number of aromatic nitrogens is 2. The second-order valence-corrected chi connectivity index (χ2v) is 10.9. The maximum absolute atomic E-state index is 13.5. The molecule has 34 heavy (non-hydrogen) atoms. The van der Waals surface area contributed by atoms with Crippen LogP contribution in [0.3, 0.4) is 0 Å². The van der Waals surface area contributed by atoms with E-state index in [-0.39, 0.29) is 10.4 Å². The summed E-state index contributed by atoms with van der Waals surface area (Å²) in [6.45, 7) is 4.43. The average molecular weight is 478 g/mol. The number of nitrogens with zero attached hydrogens (tertiary/aromatic N) is 2. The number of anilines is 1.